The lowest BCUT2D eigenvalue weighted by Gasteiger charge is -2.10. The van der Waals surface area contributed by atoms with Gasteiger partial charge < -0.3 is 9.15 Å². The minimum Gasteiger partial charge on any atom is -0.468 e. The minimum absolute atomic E-state index is 0.413. The molecule has 1 aromatic carbocycles. The van der Waals surface area contributed by atoms with E-state index in [0.29, 0.717) is 22.2 Å². The highest BCUT2D eigenvalue weighted by atomic mass is 32.2. The van der Waals surface area contributed by atoms with Gasteiger partial charge in [-0.2, -0.15) is 4.68 Å². The minimum atomic E-state index is -0.423. The number of aryl methyl sites for hydroxylation is 2. The van der Waals surface area contributed by atoms with Crippen LogP contribution in [0, 0.1) is 13.8 Å². The van der Waals surface area contributed by atoms with Gasteiger partial charge in [-0.25, -0.2) is 4.79 Å². The fraction of sp³-hybridized carbons (Fsp3) is 0.250. The first kappa shape index (κ1) is 16.3. The molecule has 24 heavy (non-hydrogen) atoms. The number of para-hydroxylation sites is 1. The number of hydrogen-bond acceptors (Lipinski definition) is 7. The zero-order valence-corrected chi connectivity index (χ0v) is 14.3. The Morgan fingerprint density at radius 2 is 2.04 bits per heavy atom. The number of tetrazole rings is 1. The lowest BCUT2D eigenvalue weighted by molar-refractivity contribution is 0.0598. The van der Waals surface area contributed by atoms with Crippen molar-refractivity contribution in [2.45, 2.75) is 24.8 Å². The predicted octanol–water partition coefficient (Wildman–Crippen LogP) is 2.95. The summed E-state index contributed by atoms with van der Waals surface area (Å²) in [5.41, 5.74) is 3.53. The van der Waals surface area contributed by atoms with Crippen molar-refractivity contribution in [1.82, 2.24) is 20.2 Å². The number of furan rings is 1. The van der Waals surface area contributed by atoms with Gasteiger partial charge in [0.15, 0.2) is 0 Å². The molecule has 0 bridgehead atoms. The van der Waals surface area contributed by atoms with Gasteiger partial charge in [-0.15, -0.1) is 5.10 Å². The van der Waals surface area contributed by atoms with E-state index in [1.807, 2.05) is 32.0 Å². The van der Waals surface area contributed by atoms with Crippen LogP contribution in [0.2, 0.25) is 0 Å². The van der Waals surface area contributed by atoms with E-state index in [1.165, 1.54) is 25.1 Å². The van der Waals surface area contributed by atoms with E-state index >= 15 is 0 Å². The smallest absolute Gasteiger partial charge is 0.341 e. The Balaban J connectivity index is 1.85. The average Bonchev–Trinajstić information content (AvgIpc) is 3.21. The molecule has 124 valence electrons. The Hall–Kier alpha value is -2.61. The van der Waals surface area contributed by atoms with Gasteiger partial charge in [-0.1, -0.05) is 30.0 Å². The van der Waals surface area contributed by atoms with Crippen LogP contribution in [0.25, 0.3) is 5.69 Å². The second kappa shape index (κ2) is 6.88. The van der Waals surface area contributed by atoms with Gasteiger partial charge in [0.2, 0.25) is 5.16 Å². The fourth-order valence-electron chi connectivity index (χ4n) is 2.42. The van der Waals surface area contributed by atoms with Crippen LogP contribution >= 0.6 is 11.8 Å². The van der Waals surface area contributed by atoms with Crippen LogP contribution in [0.1, 0.15) is 27.2 Å². The number of carbonyl (C=O) groups excluding carboxylic acids is 1. The van der Waals surface area contributed by atoms with Crippen molar-refractivity contribution in [3.63, 3.8) is 0 Å². The SMILES string of the molecule is COC(=O)c1ccoc1CSc1nnnn1-c1c(C)cccc1C. The van der Waals surface area contributed by atoms with Gasteiger partial charge in [0.1, 0.15) is 11.3 Å². The van der Waals surface area contributed by atoms with E-state index in [1.54, 1.807) is 10.7 Å². The van der Waals surface area contributed by atoms with E-state index in [4.69, 9.17) is 9.15 Å². The molecule has 0 spiro atoms. The summed E-state index contributed by atoms with van der Waals surface area (Å²) in [5, 5.41) is 12.6. The van der Waals surface area contributed by atoms with E-state index < -0.39 is 5.97 Å². The van der Waals surface area contributed by atoms with Gasteiger partial charge in [-0.3, -0.25) is 0 Å². The van der Waals surface area contributed by atoms with Crippen LogP contribution in [0.4, 0.5) is 0 Å². The highest BCUT2D eigenvalue weighted by Crippen LogP contribution is 2.27. The molecular formula is C16H16N4O3S. The highest BCUT2D eigenvalue weighted by molar-refractivity contribution is 7.98. The van der Waals surface area contributed by atoms with Crippen LogP contribution in [-0.2, 0) is 10.5 Å². The zero-order valence-electron chi connectivity index (χ0n) is 13.5. The normalized spacial score (nSPS) is 10.8. The Morgan fingerprint density at radius 1 is 1.29 bits per heavy atom. The molecule has 2 aromatic heterocycles. The lowest BCUT2D eigenvalue weighted by Crippen LogP contribution is -2.05. The molecule has 0 radical (unpaired) electrons. The summed E-state index contributed by atoms with van der Waals surface area (Å²) in [6, 6.07) is 7.62. The number of methoxy groups -OCH3 is 1. The first-order valence-electron chi connectivity index (χ1n) is 7.24. The van der Waals surface area contributed by atoms with Crippen molar-refractivity contribution < 1.29 is 13.9 Å². The number of benzene rings is 1. The molecule has 7 nitrogen and oxygen atoms in total. The van der Waals surface area contributed by atoms with Crippen LogP contribution < -0.4 is 0 Å². The van der Waals surface area contributed by atoms with Crippen LogP contribution in [-0.4, -0.2) is 33.3 Å². The number of esters is 1. The van der Waals surface area contributed by atoms with Gasteiger partial charge in [0.05, 0.1) is 24.8 Å². The molecule has 3 aromatic rings. The number of hydrogen-bond donors (Lipinski definition) is 0. The fourth-order valence-corrected chi connectivity index (χ4v) is 3.25. The third-order valence-corrected chi connectivity index (χ3v) is 4.49. The van der Waals surface area contributed by atoms with E-state index in [-0.39, 0.29) is 0 Å². The van der Waals surface area contributed by atoms with Gasteiger partial charge in [-0.05, 0) is 41.5 Å². The number of rotatable bonds is 5. The summed E-state index contributed by atoms with van der Waals surface area (Å²) in [7, 11) is 1.34. The van der Waals surface area contributed by atoms with Crippen molar-refractivity contribution in [1.29, 1.82) is 0 Å². The molecule has 0 fully saturated rings. The molecular weight excluding hydrogens is 328 g/mol. The summed E-state index contributed by atoms with van der Waals surface area (Å²) in [6.45, 7) is 4.03. The Bertz CT molecular complexity index is 852. The molecule has 0 aliphatic carbocycles. The molecule has 0 saturated carbocycles. The number of ether oxygens (including phenoxy) is 1. The molecule has 3 rings (SSSR count). The molecule has 0 aliphatic heterocycles. The van der Waals surface area contributed by atoms with Crippen molar-refractivity contribution in [2.24, 2.45) is 0 Å². The molecule has 8 heteroatoms. The third kappa shape index (κ3) is 3.05. The maximum absolute atomic E-state index is 11.7. The van der Waals surface area contributed by atoms with E-state index in [0.717, 1.165) is 16.8 Å². The van der Waals surface area contributed by atoms with E-state index in [2.05, 4.69) is 15.5 Å². The molecule has 0 N–H and O–H groups in total. The number of aromatic nitrogens is 4. The van der Waals surface area contributed by atoms with Crippen LogP contribution in [0.5, 0.6) is 0 Å². The van der Waals surface area contributed by atoms with Gasteiger partial charge in [0, 0.05) is 0 Å². The van der Waals surface area contributed by atoms with Gasteiger partial charge >= 0.3 is 5.97 Å². The molecule has 0 unspecified atom stereocenters. The van der Waals surface area contributed by atoms with Crippen LogP contribution in [0.15, 0.2) is 40.1 Å². The zero-order chi connectivity index (χ0) is 17.1. The Morgan fingerprint density at radius 3 is 2.75 bits per heavy atom. The monoisotopic (exact) mass is 344 g/mol. The second-order valence-electron chi connectivity index (χ2n) is 5.15. The highest BCUT2D eigenvalue weighted by Gasteiger charge is 2.18. The maximum Gasteiger partial charge on any atom is 0.341 e. The third-order valence-electron chi connectivity index (χ3n) is 3.58. The largest absolute Gasteiger partial charge is 0.468 e. The van der Waals surface area contributed by atoms with Gasteiger partial charge in [0.25, 0.3) is 0 Å². The molecule has 0 aliphatic rings. The topological polar surface area (TPSA) is 83.0 Å². The van der Waals surface area contributed by atoms with Crippen molar-refractivity contribution in [3.05, 3.63) is 53.0 Å². The quantitative estimate of drug-likeness (QED) is 0.520. The second-order valence-corrected chi connectivity index (χ2v) is 6.09. The number of nitrogens with zero attached hydrogens (tertiary/aromatic N) is 4. The number of carbonyl (C=O) groups is 1. The Labute approximate surface area is 143 Å². The maximum atomic E-state index is 11.7. The summed E-state index contributed by atoms with van der Waals surface area (Å²) in [5.74, 6) is 0.527. The van der Waals surface area contributed by atoms with Crippen molar-refractivity contribution in [3.8, 4) is 5.69 Å². The summed E-state index contributed by atoms with van der Waals surface area (Å²) >= 11 is 1.39. The van der Waals surface area contributed by atoms with Crippen molar-refractivity contribution >= 4 is 17.7 Å². The molecule has 2 heterocycles. The average molecular weight is 344 g/mol. The first-order chi connectivity index (χ1) is 11.6. The Kier molecular flexibility index (Phi) is 4.66. The lowest BCUT2D eigenvalue weighted by atomic mass is 10.1. The van der Waals surface area contributed by atoms with Crippen LogP contribution in [0.3, 0.4) is 0 Å². The summed E-state index contributed by atoms with van der Waals surface area (Å²) < 4.78 is 11.8. The van der Waals surface area contributed by atoms with Crippen molar-refractivity contribution in [2.75, 3.05) is 7.11 Å². The summed E-state index contributed by atoms with van der Waals surface area (Å²) in [4.78, 5) is 11.7. The molecule has 0 saturated heterocycles. The first-order valence-corrected chi connectivity index (χ1v) is 8.23. The number of thioether (sulfide) groups is 1. The predicted molar refractivity (Wildman–Crippen MR) is 88.2 cm³/mol. The molecule has 0 amide bonds. The summed E-state index contributed by atoms with van der Waals surface area (Å²) in [6.07, 6.45) is 1.47. The van der Waals surface area contributed by atoms with E-state index in [9.17, 15) is 4.79 Å². The standard InChI is InChI=1S/C16H16N4O3S/c1-10-5-4-6-11(2)14(10)20-16(17-18-19-20)24-9-13-12(7-8-23-13)15(21)22-3/h4-8H,9H2,1-3H3. The molecule has 0 atom stereocenters.